The Kier molecular flexibility index (Phi) is 2.38. The van der Waals surface area contributed by atoms with Gasteiger partial charge in [0.1, 0.15) is 0 Å². The average molecular weight is 231 g/mol. The molecule has 1 aromatic carbocycles. The third-order valence-electron chi connectivity index (χ3n) is 2.61. The van der Waals surface area contributed by atoms with Crippen molar-refractivity contribution in [2.75, 3.05) is 18.0 Å². The molecule has 1 aromatic rings. The first-order valence-corrected chi connectivity index (χ1v) is 4.93. The van der Waals surface area contributed by atoms with Crippen molar-refractivity contribution >= 4 is 5.69 Å². The minimum absolute atomic E-state index is 0.140. The van der Waals surface area contributed by atoms with E-state index in [-0.39, 0.29) is 18.8 Å². The van der Waals surface area contributed by atoms with Gasteiger partial charge < -0.3 is 10.0 Å². The second-order valence-electron chi connectivity index (χ2n) is 4.37. The van der Waals surface area contributed by atoms with Crippen LogP contribution in [0.25, 0.3) is 0 Å². The van der Waals surface area contributed by atoms with Gasteiger partial charge in [-0.05, 0) is 19.1 Å². The fraction of sp³-hybridized carbons (Fsp3) is 0.455. The number of benzene rings is 1. The topological polar surface area (TPSA) is 23.5 Å². The van der Waals surface area contributed by atoms with Crippen molar-refractivity contribution in [3.8, 4) is 0 Å². The van der Waals surface area contributed by atoms with E-state index in [1.54, 1.807) is 13.0 Å². The number of anilines is 1. The summed E-state index contributed by atoms with van der Waals surface area (Å²) in [6.45, 7) is 2.08. The van der Waals surface area contributed by atoms with Gasteiger partial charge in [-0.25, -0.2) is 0 Å². The van der Waals surface area contributed by atoms with Crippen LogP contribution in [0.3, 0.4) is 0 Å². The molecule has 1 saturated heterocycles. The molecule has 1 heterocycles. The maximum atomic E-state index is 12.7. The zero-order valence-corrected chi connectivity index (χ0v) is 8.75. The van der Waals surface area contributed by atoms with Crippen molar-refractivity contribution in [2.45, 2.75) is 18.7 Å². The molecule has 0 amide bonds. The van der Waals surface area contributed by atoms with Gasteiger partial charge in [0.2, 0.25) is 0 Å². The van der Waals surface area contributed by atoms with Gasteiger partial charge in [0.15, 0.2) is 0 Å². The number of aliphatic hydroxyl groups is 1. The molecule has 0 aromatic heterocycles. The fourth-order valence-corrected chi connectivity index (χ4v) is 1.94. The number of alkyl halides is 3. The van der Waals surface area contributed by atoms with Crippen LogP contribution in [-0.4, -0.2) is 23.8 Å². The molecule has 88 valence electrons. The molecule has 1 N–H and O–H groups in total. The summed E-state index contributed by atoms with van der Waals surface area (Å²) in [5.74, 6) is 0. The van der Waals surface area contributed by atoms with Gasteiger partial charge in [-0.3, -0.25) is 0 Å². The average Bonchev–Trinajstić information content (AvgIpc) is 2.12. The zero-order valence-electron chi connectivity index (χ0n) is 8.75. The van der Waals surface area contributed by atoms with E-state index in [9.17, 15) is 18.3 Å². The number of halogens is 3. The summed E-state index contributed by atoms with van der Waals surface area (Å²) in [5.41, 5.74) is -1.38. The standard InChI is InChI=1S/C11H12F3NO/c1-10(16)6-15(7-10)9-5-3-2-4-8(9)11(12,13)14/h2-5,16H,6-7H2,1H3. The lowest BCUT2D eigenvalue weighted by Crippen LogP contribution is -2.60. The number of β-amino-alcohol motifs (C(OH)–C–C–N with tert-alkyl or cyclic N) is 1. The first-order valence-electron chi connectivity index (χ1n) is 4.93. The highest BCUT2D eigenvalue weighted by atomic mass is 19.4. The predicted molar refractivity (Wildman–Crippen MR) is 54.3 cm³/mol. The lowest BCUT2D eigenvalue weighted by atomic mass is 9.95. The molecule has 0 radical (unpaired) electrons. The highest BCUT2D eigenvalue weighted by molar-refractivity contribution is 5.57. The van der Waals surface area contributed by atoms with E-state index in [4.69, 9.17) is 0 Å². The highest BCUT2D eigenvalue weighted by Crippen LogP contribution is 2.39. The molecule has 0 spiro atoms. The third kappa shape index (κ3) is 2.00. The lowest BCUT2D eigenvalue weighted by Gasteiger charge is -2.46. The molecule has 1 fully saturated rings. The van der Waals surface area contributed by atoms with Crippen LogP contribution in [0.4, 0.5) is 18.9 Å². The maximum absolute atomic E-state index is 12.7. The van der Waals surface area contributed by atoms with Gasteiger partial charge in [-0.2, -0.15) is 13.2 Å². The van der Waals surface area contributed by atoms with Crippen LogP contribution in [-0.2, 0) is 6.18 Å². The minimum Gasteiger partial charge on any atom is -0.386 e. The van der Waals surface area contributed by atoms with Gasteiger partial charge >= 0.3 is 6.18 Å². The van der Waals surface area contributed by atoms with E-state index >= 15 is 0 Å². The normalized spacial score (nSPS) is 19.4. The van der Waals surface area contributed by atoms with Crippen molar-refractivity contribution in [2.24, 2.45) is 0 Å². The van der Waals surface area contributed by atoms with E-state index in [0.29, 0.717) is 0 Å². The molecule has 5 heteroatoms. The van der Waals surface area contributed by atoms with Gasteiger partial charge in [-0.1, -0.05) is 12.1 Å². The fourth-order valence-electron chi connectivity index (χ4n) is 1.94. The van der Waals surface area contributed by atoms with Gasteiger partial charge in [0.05, 0.1) is 11.2 Å². The lowest BCUT2D eigenvalue weighted by molar-refractivity contribution is -0.137. The molecule has 0 atom stereocenters. The van der Waals surface area contributed by atoms with E-state index in [0.717, 1.165) is 6.07 Å². The number of hydrogen-bond donors (Lipinski definition) is 1. The Morgan fingerprint density at radius 2 is 1.81 bits per heavy atom. The van der Waals surface area contributed by atoms with Crippen LogP contribution in [0.5, 0.6) is 0 Å². The van der Waals surface area contributed by atoms with E-state index in [1.807, 2.05) is 0 Å². The molecule has 1 aliphatic heterocycles. The summed E-state index contributed by atoms with van der Waals surface area (Å²) in [6, 6.07) is 5.42. The van der Waals surface area contributed by atoms with E-state index < -0.39 is 17.3 Å². The summed E-state index contributed by atoms with van der Waals surface area (Å²) >= 11 is 0. The largest absolute Gasteiger partial charge is 0.418 e. The second-order valence-corrected chi connectivity index (χ2v) is 4.37. The zero-order chi connectivity index (χ0) is 12.0. The Bertz CT molecular complexity index is 392. The summed E-state index contributed by atoms with van der Waals surface area (Å²) in [4.78, 5) is 1.53. The van der Waals surface area contributed by atoms with Crippen LogP contribution in [0, 0.1) is 0 Å². The molecular weight excluding hydrogens is 219 g/mol. The van der Waals surface area contributed by atoms with Gasteiger partial charge in [0, 0.05) is 18.8 Å². The van der Waals surface area contributed by atoms with Gasteiger partial charge in [-0.15, -0.1) is 0 Å². The molecule has 0 aliphatic carbocycles. The molecule has 0 saturated carbocycles. The molecule has 2 nitrogen and oxygen atoms in total. The van der Waals surface area contributed by atoms with Crippen molar-refractivity contribution in [3.05, 3.63) is 29.8 Å². The maximum Gasteiger partial charge on any atom is 0.418 e. The molecule has 1 aliphatic rings. The van der Waals surface area contributed by atoms with Crippen LogP contribution < -0.4 is 4.90 Å². The Balaban J connectivity index is 2.29. The van der Waals surface area contributed by atoms with Crippen molar-refractivity contribution < 1.29 is 18.3 Å². The van der Waals surface area contributed by atoms with Crippen molar-refractivity contribution in [3.63, 3.8) is 0 Å². The Morgan fingerprint density at radius 1 is 1.25 bits per heavy atom. The summed E-state index contributed by atoms with van der Waals surface area (Å²) in [7, 11) is 0. The summed E-state index contributed by atoms with van der Waals surface area (Å²) < 4.78 is 38.0. The molecule has 2 rings (SSSR count). The quantitative estimate of drug-likeness (QED) is 0.801. The highest BCUT2D eigenvalue weighted by Gasteiger charge is 2.41. The summed E-state index contributed by atoms with van der Waals surface area (Å²) in [6.07, 6.45) is -4.35. The van der Waals surface area contributed by atoms with E-state index in [2.05, 4.69) is 0 Å². The number of rotatable bonds is 1. The Morgan fingerprint density at radius 3 is 2.31 bits per heavy atom. The number of para-hydroxylation sites is 1. The van der Waals surface area contributed by atoms with E-state index in [1.165, 1.54) is 17.0 Å². The molecular formula is C11H12F3NO. The SMILES string of the molecule is CC1(O)CN(c2ccccc2C(F)(F)F)C1. The second kappa shape index (κ2) is 3.38. The van der Waals surface area contributed by atoms with Crippen LogP contribution in [0.2, 0.25) is 0 Å². The Labute approximate surface area is 91.3 Å². The molecule has 0 unspecified atom stereocenters. The number of nitrogens with zero attached hydrogens (tertiary/aromatic N) is 1. The minimum atomic E-state index is -4.35. The van der Waals surface area contributed by atoms with Crippen molar-refractivity contribution in [1.29, 1.82) is 0 Å². The first-order chi connectivity index (χ1) is 7.30. The van der Waals surface area contributed by atoms with Crippen molar-refractivity contribution in [1.82, 2.24) is 0 Å². The Hall–Kier alpha value is -1.23. The molecule has 16 heavy (non-hydrogen) atoms. The van der Waals surface area contributed by atoms with Gasteiger partial charge in [0.25, 0.3) is 0 Å². The van der Waals surface area contributed by atoms with Crippen LogP contribution in [0.15, 0.2) is 24.3 Å². The molecule has 0 bridgehead atoms. The first kappa shape index (κ1) is 11.3. The monoisotopic (exact) mass is 231 g/mol. The predicted octanol–water partition coefficient (Wildman–Crippen LogP) is 2.28. The third-order valence-corrected chi connectivity index (χ3v) is 2.61. The number of hydrogen-bond acceptors (Lipinski definition) is 2. The summed E-state index contributed by atoms with van der Waals surface area (Å²) in [5, 5.41) is 9.52. The van der Waals surface area contributed by atoms with Crippen LogP contribution in [0.1, 0.15) is 12.5 Å². The van der Waals surface area contributed by atoms with Crippen LogP contribution >= 0.6 is 0 Å². The smallest absolute Gasteiger partial charge is 0.386 e.